The fraction of sp³-hybridized carbons (Fsp3) is 0.100. The standard InChI is InChI=1S/C40H32N6/c1-25-26(2)40(30-23-37(33-15-7-11-19-43-33)46-38(24-30)34-16-8-12-20-44-34)28(4)27(3)39(25)29-21-35(31-13-5-9-17-41-31)45-36(22-29)32-14-6-10-18-42-32/h5-24H,1-4H3. The maximum absolute atomic E-state index is 5.00. The summed E-state index contributed by atoms with van der Waals surface area (Å²) >= 11 is 0. The van der Waals surface area contributed by atoms with Gasteiger partial charge in [-0.15, -0.1) is 0 Å². The van der Waals surface area contributed by atoms with Crippen molar-refractivity contribution >= 4 is 0 Å². The van der Waals surface area contributed by atoms with Crippen LogP contribution in [0.2, 0.25) is 0 Å². The molecule has 0 N–H and O–H groups in total. The lowest BCUT2D eigenvalue weighted by Crippen LogP contribution is -2.02. The number of pyridine rings is 6. The molecule has 6 heterocycles. The van der Waals surface area contributed by atoms with Crippen LogP contribution in [-0.2, 0) is 0 Å². The van der Waals surface area contributed by atoms with Crippen LogP contribution in [0.15, 0.2) is 122 Å². The molecule has 6 heteroatoms. The summed E-state index contributed by atoms with van der Waals surface area (Å²) in [6, 6.07) is 32.2. The van der Waals surface area contributed by atoms with Crippen molar-refractivity contribution in [1.82, 2.24) is 29.9 Å². The first-order chi connectivity index (χ1) is 22.5. The first kappa shape index (κ1) is 28.9. The van der Waals surface area contributed by atoms with Gasteiger partial charge in [0, 0.05) is 24.8 Å². The molecule has 0 unspecified atom stereocenters. The summed E-state index contributed by atoms with van der Waals surface area (Å²) in [5, 5.41) is 0. The third kappa shape index (κ3) is 5.46. The van der Waals surface area contributed by atoms with Gasteiger partial charge in [-0.05, 0) is 145 Å². The van der Waals surface area contributed by atoms with E-state index >= 15 is 0 Å². The Kier molecular flexibility index (Phi) is 7.69. The Balaban J connectivity index is 1.44. The molecule has 0 aliphatic heterocycles. The van der Waals surface area contributed by atoms with Gasteiger partial charge in [0.2, 0.25) is 0 Å². The van der Waals surface area contributed by atoms with Gasteiger partial charge in [-0.3, -0.25) is 19.9 Å². The van der Waals surface area contributed by atoms with Crippen molar-refractivity contribution in [3.63, 3.8) is 0 Å². The van der Waals surface area contributed by atoms with Gasteiger partial charge in [-0.2, -0.15) is 0 Å². The van der Waals surface area contributed by atoms with E-state index in [-0.39, 0.29) is 0 Å². The predicted octanol–water partition coefficient (Wildman–Crippen LogP) is 9.29. The maximum Gasteiger partial charge on any atom is 0.0900 e. The van der Waals surface area contributed by atoms with E-state index in [4.69, 9.17) is 9.97 Å². The van der Waals surface area contributed by atoms with Crippen molar-refractivity contribution in [2.75, 3.05) is 0 Å². The zero-order valence-electron chi connectivity index (χ0n) is 26.2. The van der Waals surface area contributed by atoms with E-state index in [1.807, 2.05) is 72.8 Å². The van der Waals surface area contributed by atoms with Gasteiger partial charge in [0.15, 0.2) is 0 Å². The third-order valence-corrected chi connectivity index (χ3v) is 8.56. The van der Waals surface area contributed by atoms with Gasteiger partial charge in [0.05, 0.1) is 45.6 Å². The van der Waals surface area contributed by atoms with E-state index in [2.05, 4.69) is 71.9 Å². The minimum absolute atomic E-state index is 0.811. The summed E-state index contributed by atoms with van der Waals surface area (Å²) in [5.74, 6) is 0. The molecule has 46 heavy (non-hydrogen) atoms. The third-order valence-electron chi connectivity index (χ3n) is 8.56. The lowest BCUT2D eigenvalue weighted by atomic mass is 9.83. The molecule has 0 radical (unpaired) electrons. The highest BCUT2D eigenvalue weighted by atomic mass is 14.8. The summed E-state index contributed by atoms with van der Waals surface area (Å²) in [6.07, 6.45) is 7.21. The molecule has 1 aromatic carbocycles. The highest BCUT2D eigenvalue weighted by molar-refractivity contribution is 5.87. The number of nitrogens with zero attached hydrogens (tertiary/aromatic N) is 6. The highest BCUT2D eigenvalue weighted by Crippen LogP contribution is 2.42. The van der Waals surface area contributed by atoms with E-state index in [0.717, 1.165) is 56.7 Å². The topological polar surface area (TPSA) is 77.3 Å². The average Bonchev–Trinajstić information content (AvgIpc) is 3.12. The molecule has 7 rings (SSSR count). The molecule has 0 aliphatic rings. The summed E-state index contributed by atoms with van der Waals surface area (Å²) in [7, 11) is 0. The lowest BCUT2D eigenvalue weighted by molar-refractivity contribution is 1.20. The second-order valence-electron chi connectivity index (χ2n) is 11.4. The first-order valence-corrected chi connectivity index (χ1v) is 15.3. The molecule has 0 fully saturated rings. The van der Waals surface area contributed by atoms with Crippen LogP contribution in [0, 0.1) is 27.7 Å². The predicted molar refractivity (Wildman–Crippen MR) is 185 cm³/mol. The fourth-order valence-corrected chi connectivity index (χ4v) is 6.11. The number of benzene rings is 1. The maximum atomic E-state index is 5.00. The second-order valence-corrected chi connectivity index (χ2v) is 11.4. The summed E-state index contributed by atoms with van der Waals surface area (Å²) in [5.41, 5.74) is 15.9. The van der Waals surface area contributed by atoms with Crippen molar-refractivity contribution < 1.29 is 0 Å². The molecular formula is C40H32N6. The Morgan fingerprint density at radius 3 is 0.804 bits per heavy atom. The molecule has 6 aromatic heterocycles. The van der Waals surface area contributed by atoms with E-state index < -0.39 is 0 Å². The van der Waals surface area contributed by atoms with Gasteiger partial charge in [-0.1, -0.05) is 24.3 Å². The number of hydrogen-bond acceptors (Lipinski definition) is 6. The summed E-state index contributed by atoms with van der Waals surface area (Å²) in [4.78, 5) is 28.5. The number of aromatic nitrogens is 6. The van der Waals surface area contributed by atoms with E-state index in [1.54, 1.807) is 24.8 Å². The zero-order valence-corrected chi connectivity index (χ0v) is 26.2. The Hall–Kier alpha value is -5.88. The lowest BCUT2D eigenvalue weighted by Gasteiger charge is -2.22. The van der Waals surface area contributed by atoms with Gasteiger partial charge < -0.3 is 0 Å². The Labute approximate surface area is 269 Å². The molecule has 0 saturated carbocycles. The van der Waals surface area contributed by atoms with E-state index in [9.17, 15) is 0 Å². The van der Waals surface area contributed by atoms with E-state index in [0.29, 0.717) is 0 Å². The van der Waals surface area contributed by atoms with Gasteiger partial charge >= 0.3 is 0 Å². The van der Waals surface area contributed by atoms with E-state index in [1.165, 1.54) is 33.4 Å². The van der Waals surface area contributed by atoms with Crippen LogP contribution >= 0.6 is 0 Å². The van der Waals surface area contributed by atoms with Gasteiger partial charge in [-0.25, -0.2) is 9.97 Å². The molecule has 0 spiro atoms. The molecule has 0 saturated heterocycles. The summed E-state index contributed by atoms with van der Waals surface area (Å²) in [6.45, 7) is 8.84. The van der Waals surface area contributed by atoms with Gasteiger partial charge in [0.25, 0.3) is 0 Å². The first-order valence-electron chi connectivity index (χ1n) is 15.3. The molecule has 0 aliphatic carbocycles. The highest BCUT2D eigenvalue weighted by Gasteiger charge is 2.21. The van der Waals surface area contributed by atoms with Crippen LogP contribution in [0.5, 0.6) is 0 Å². The molecule has 0 atom stereocenters. The largest absolute Gasteiger partial charge is 0.255 e. The average molecular weight is 597 g/mol. The Morgan fingerprint density at radius 2 is 0.587 bits per heavy atom. The molecule has 0 amide bonds. The molecule has 7 aromatic rings. The molecule has 6 nitrogen and oxygen atoms in total. The van der Waals surface area contributed by atoms with Crippen LogP contribution in [0.3, 0.4) is 0 Å². The fourth-order valence-electron chi connectivity index (χ4n) is 6.11. The number of rotatable bonds is 6. The minimum Gasteiger partial charge on any atom is -0.255 e. The monoisotopic (exact) mass is 596 g/mol. The van der Waals surface area contributed by atoms with Crippen LogP contribution < -0.4 is 0 Å². The molecular weight excluding hydrogens is 564 g/mol. The minimum atomic E-state index is 0.811. The normalized spacial score (nSPS) is 11.0. The zero-order chi connectivity index (χ0) is 31.6. The second kappa shape index (κ2) is 12.3. The van der Waals surface area contributed by atoms with Crippen LogP contribution in [-0.4, -0.2) is 29.9 Å². The number of hydrogen-bond donors (Lipinski definition) is 0. The van der Waals surface area contributed by atoms with Crippen LogP contribution in [0.4, 0.5) is 0 Å². The summed E-state index contributed by atoms with van der Waals surface area (Å²) < 4.78 is 0. The smallest absolute Gasteiger partial charge is 0.0900 e. The van der Waals surface area contributed by atoms with Crippen molar-refractivity contribution in [2.45, 2.75) is 27.7 Å². The van der Waals surface area contributed by atoms with Crippen molar-refractivity contribution in [2.24, 2.45) is 0 Å². The van der Waals surface area contributed by atoms with Crippen molar-refractivity contribution in [1.29, 1.82) is 0 Å². The van der Waals surface area contributed by atoms with Crippen molar-refractivity contribution in [3.8, 4) is 67.8 Å². The van der Waals surface area contributed by atoms with Crippen LogP contribution in [0.1, 0.15) is 22.3 Å². The Morgan fingerprint density at radius 1 is 0.326 bits per heavy atom. The quantitative estimate of drug-likeness (QED) is 0.190. The SMILES string of the molecule is Cc1c(C)c(-c2cc(-c3ccccn3)nc(-c3ccccn3)c2)c(C)c(C)c1-c1cc(-c2ccccn2)nc(-c2ccccn2)c1. The molecule has 222 valence electrons. The van der Waals surface area contributed by atoms with Crippen molar-refractivity contribution in [3.05, 3.63) is 144 Å². The van der Waals surface area contributed by atoms with Gasteiger partial charge in [0.1, 0.15) is 0 Å². The Bertz CT molecular complexity index is 1860. The molecule has 0 bridgehead atoms. The van der Waals surface area contributed by atoms with Crippen LogP contribution in [0.25, 0.3) is 67.8 Å².